The van der Waals surface area contributed by atoms with Gasteiger partial charge in [-0.15, -0.1) is 0 Å². The molecule has 0 aromatic carbocycles. The van der Waals surface area contributed by atoms with Crippen molar-refractivity contribution in [3.63, 3.8) is 0 Å². The molecule has 0 bridgehead atoms. The molecule has 2 heterocycles. The van der Waals surface area contributed by atoms with Crippen LogP contribution in [0.25, 0.3) is 0 Å². The van der Waals surface area contributed by atoms with Crippen molar-refractivity contribution in [2.75, 3.05) is 13.6 Å². The highest BCUT2D eigenvalue weighted by molar-refractivity contribution is 5.85. The van der Waals surface area contributed by atoms with E-state index >= 15 is 0 Å². The molecule has 1 aromatic heterocycles. The first kappa shape index (κ1) is 12.2. The fourth-order valence-corrected chi connectivity index (χ4v) is 2.37. The Hall–Kier alpha value is -1.29. The number of likely N-dealkylation sites (N-methyl/N-ethyl adjacent to an activating group) is 1. The molecule has 4 nitrogen and oxygen atoms in total. The van der Waals surface area contributed by atoms with Crippen LogP contribution in [-0.2, 0) is 11.3 Å². The van der Waals surface area contributed by atoms with Crippen LogP contribution >= 0.6 is 0 Å². The van der Waals surface area contributed by atoms with Crippen LogP contribution in [-0.4, -0.2) is 29.9 Å². The Bertz CT molecular complexity index is 367. The first-order valence-corrected chi connectivity index (χ1v) is 6.15. The van der Waals surface area contributed by atoms with Crippen LogP contribution < -0.4 is 5.32 Å². The van der Waals surface area contributed by atoms with Gasteiger partial charge in [0.05, 0.1) is 18.3 Å². The summed E-state index contributed by atoms with van der Waals surface area (Å²) in [5, 5.41) is 3.33. The summed E-state index contributed by atoms with van der Waals surface area (Å²) < 4.78 is 5.26. The number of carbonyl (C=O) groups excluding carboxylic acids is 1. The molecule has 1 atom stereocenters. The Morgan fingerprint density at radius 1 is 1.59 bits per heavy atom. The summed E-state index contributed by atoms with van der Waals surface area (Å²) in [6.45, 7) is 3.45. The van der Waals surface area contributed by atoms with E-state index in [2.05, 4.69) is 5.32 Å². The maximum Gasteiger partial charge on any atom is 0.242 e. The van der Waals surface area contributed by atoms with Crippen LogP contribution in [0.1, 0.15) is 31.9 Å². The lowest BCUT2D eigenvalue weighted by molar-refractivity contribution is -0.138. The van der Waals surface area contributed by atoms with Gasteiger partial charge in [-0.05, 0) is 44.9 Å². The standard InChI is InChI=1S/C13H20N2O2/c1-13(7-3-4-8-14-13)12(16)15(2)10-11-6-5-9-17-11/h5-6,9,14H,3-4,7-8,10H2,1-2H3. The average Bonchev–Trinajstić information content (AvgIpc) is 2.81. The van der Waals surface area contributed by atoms with E-state index in [-0.39, 0.29) is 5.91 Å². The summed E-state index contributed by atoms with van der Waals surface area (Å²) in [6, 6.07) is 3.73. The number of nitrogens with one attached hydrogen (secondary N) is 1. The molecule has 94 valence electrons. The highest BCUT2D eigenvalue weighted by atomic mass is 16.3. The fraction of sp³-hybridized carbons (Fsp3) is 0.615. The molecule has 0 spiro atoms. The molecule has 1 unspecified atom stereocenters. The van der Waals surface area contributed by atoms with E-state index in [4.69, 9.17) is 4.42 Å². The zero-order valence-corrected chi connectivity index (χ0v) is 10.5. The van der Waals surface area contributed by atoms with E-state index in [1.165, 1.54) is 0 Å². The van der Waals surface area contributed by atoms with Gasteiger partial charge in [-0.25, -0.2) is 0 Å². The summed E-state index contributed by atoms with van der Waals surface area (Å²) >= 11 is 0. The highest BCUT2D eigenvalue weighted by Gasteiger charge is 2.36. The minimum absolute atomic E-state index is 0.147. The number of hydrogen-bond donors (Lipinski definition) is 1. The van der Waals surface area contributed by atoms with Crippen LogP contribution in [0, 0.1) is 0 Å². The van der Waals surface area contributed by atoms with E-state index in [1.54, 1.807) is 11.2 Å². The third kappa shape index (κ3) is 2.69. The molecule has 1 aliphatic rings. The van der Waals surface area contributed by atoms with E-state index < -0.39 is 5.54 Å². The average molecular weight is 236 g/mol. The van der Waals surface area contributed by atoms with Gasteiger partial charge < -0.3 is 14.6 Å². The van der Waals surface area contributed by atoms with Crippen molar-refractivity contribution in [1.82, 2.24) is 10.2 Å². The zero-order chi connectivity index (χ0) is 12.3. The highest BCUT2D eigenvalue weighted by Crippen LogP contribution is 2.21. The van der Waals surface area contributed by atoms with Gasteiger partial charge in [0.1, 0.15) is 5.76 Å². The molecule has 0 saturated carbocycles. The minimum atomic E-state index is -0.403. The molecule has 4 heteroatoms. The Balaban J connectivity index is 1.98. The number of rotatable bonds is 3. The molecule has 1 aliphatic heterocycles. The van der Waals surface area contributed by atoms with Crippen LogP contribution in [0.4, 0.5) is 0 Å². The Morgan fingerprint density at radius 2 is 2.41 bits per heavy atom. The first-order chi connectivity index (χ1) is 8.12. The molecule has 2 rings (SSSR count). The van der Waals surface area contributed by atoms with Gasteiger partial charge in [-0.2, -0.15) is 0 Å². The summed E-state index contributed by atoms with van der Waals surface area (Å²) in [7, 11) is 1.83. The van der Waals surface area contributed by atoms with Crippen LogP contribution in [0.3, 0.4) is 0 Å². The maximum atomic E-state index is 12.4. The van der Waals surface area contributed by atoms with E-state index in [1.807, 2.05) is 26.1 Å². The van der Waals surface area contributed by atoms with Gasteiger partial charge in [-0.3, -0.25) is 4.79 Å². The Kier molecular flexibility index (Phi) is 3.52. The Morgan fingerprint density at radius 3 is 3.00 bits per heavy atom. The van der Waals surface area contributed by atoms with Crippen molar-refractivity contribution in [1.29, 1.82) is 0 Å². The molecule has 1 N–H and O–H groups in total. The van der Waals surface area contributed by atoms with Crippen molar-refractivity contribution in [2.45, 2.75) is 38.3 Å². The van der Waals surface area contributed by atoms with Gasteiger partial charge >= 0.3 is 0 Å². The van der Waals surface area contributed by atoms with E-state index in [9.17, 15) is 4.79 Å². The lowest BCUT2D eigenvalue weighted by Crippen LogP contribution is -2.57. The number of nitrogens with zero attached hydrogens (tertiary/aromatic N) is 1. The van der Waals surface area contributed by atoms with Crippen molar-refractivity contribution in [3.8, 4) is 0 Å². The van der Waals surface area contributed by atoms with Crippen molar-refractivity contribution < 1.29 is 9.21 Å². The summed E-state index contributed by atoms with van der Waals surface area (Å²) in [5.74, 6) is 0.967. The first-order valence-electron chi connectivity index (χ1n) is 6.15. The normalized spacial score (nSPS) is 24.6. The van der Waals surface area contributed by atoms with Crippen LogP contribution in [0.2, 0.25) is 0 Å². The molecule has 1 saturated heterocycles. The second-order valence-electron chi connectivity index (χ2n) is 4.96. The SMILES string of the molecule is CN(Cc1ccco1)C(=O)C1(C)CCCCN1. The van der Waals surface area contributed by atoms with Gasteiger partial charge in [0.25, 0.3) is 0 Å². The molecular weight excluding hydrogens is 216 g/mol. The summed E-state index contributed by atoms with van der Waals surface area (Å²) in [6.07, 6.45) is 4.82. The number of amides is 1. The molecule has 1 amide bonds. The van der Waals surface area contributed by atoms with Gasteiger partial charge in [-0.1, -0.05) is 0 Å². The number of furan rings is 1. The summed E-state index contributed by atoms with van der Waals surface area (Å²) in [5.41, 5.74) is -0.403. The smallest absolute Gasteiger partial charge is 0.242 e. The number of piperidine rings is 1. The molecule has 0 radical (unpaired) electrons. The molecular formula is C13H20N2O2. The van der Waals surface area contributed by atoms with E-state index in [0.29, 0.717) is 6.54 Å². The van der Waals surface area contributed by atoms with Gasteiger partial charge in [0, 0.05) is 7.05 Å². The second kappa shape index (κ2) is 4.92. The maximum absolute atomic E-state index is 12.4. The summed E-state index contributed by atoms with van der Waals surface area (Å²) in [4.78, 5) is 14.1. The third-order valence-corrected chi connectivity index (χ3v) is 3.41. The largest absolute Gasteiger partial charge is 0.467 e. The lowest BCUT2D eigenvalue weighted by atomic mass is 9.89. The quantitative estimate of drug-likeness (QED) is 0.870. The topological polar surface area (TPSA) is 45.5 Å². The number of carbonyl (C=O) groups is 1. The Labute approximate surface area is 102 Å². The zero-order valence-electron chi connectivity index (χ0n) is 10.5. The van der Waals surface area contributed by atoms with Crippen LogP contribution in [0.5, 0.6) is 0 Å². The predicted molar refractivity (Wildman–Crippen MR) is 65.4 cm³/mol. The molecule has 17 heavy (non-hydrogen) atoms. The second-order valence-corrected chi connectivity index (χ2v) is 4.96. The van der Waals surface area contributed by atoms with Crippen molar-refractivity contribution in [2.24, 2.45) is 0 Å². The predicted octanol–water partition coefficient (Wildman–Crippen LogP) is 1.77. The van der Waals surface area contributed by atoms with Gasteiger partial charge in [0.2, 0.25) is 5.91 Å². The lowest BCUT2D eigenvalue weighted by Gasteiger charge is -2.36. The van der Waals surface area contributed by atoms with E-state index in [0.717, 1.165) is 31.6 Å². The van der Waals surface area contributed by atoms with Gasteiger partial charge in [0.15, 0.2) is 0 Å². The fourth-order valence-electron chi connectivity index (χ4n) is 2.37. The molecule has 1 aromatic rings. The minimum Gasteiger partial charge on any atom is -0.467 e. The van der Waals surface area contributed by atoms with Crippen LogP contribution in [0.15, 0.2) is 22.8 Å². The molecule has 0 aliphatic carbocycles. The third-order valence-electron chi connectivity index (χ3n) is 3.41. The molecule has 1 fully saturated rings. The van der Waals surface area contributed by atoms with Crippen molar-refractivity contribution in [3.05, 3.63) is 24.2 Å². The monoisotopic (exact) mass is 236 g/mol. The van der Waals surface area contributed by atoms with Crippen molar-refractivity contribution >= 4 is 5.91 Å². The number of hydrogen-bond acceptors (Lipinski definition) is 3.